The zero-order chi connectivity index (χ0) is 11.4. The fraction of sp³-hybridized carbons (Fsp3) is 0.600. The van der Waals surface area contributed by atoms with Crippen molar-refractivity contribution in [1.29, 1.82) is 0 Å². The topological polar surface area (TPSA) is 74.8 Å². The highest BCUT2D eigenvalue weighted by Gasteiger charge is 2.55. The molecule has 0 aromatic rings. The van der Waals surface area contributed by atoms with Crippen molar-refractivity contribution in [3.8, 4) is 0 Å². The molecule has 3 heterocycles. The first kappa shape index (κ1) is 9.50. The van der Waals surface area contributed by atoms with Crippen molar-refractivity contribution >= 4 is 23.6 Å². The lowest BCUT2D eigenvalue weighted by Crippen LogP contribution is -2.62. The molecule has 3 fully saturated rings. The summed E-state index contributed by atoms with van der Waals surface area (Å²) in [5.74, 6) is -1.33. The Bertz CT molecular complexity index is 391. The van der Waals surface area contributed by atoms with Gasteiger partial charge in [0, 0.05) is 12.8 Å². The second-order valence-electron chi connectivity index (χ2n) is 4.31. The number of nitrogens with zero attached hydrogens (tertiary/aromatic N) is 2. The Morgan fingerprint density at radius 2 is 1.12 bits per heavy atom. The van der Waals surface area contributed by atoms with Gasteiger partial charge in [0.2, 0.25) is 11.8 Å². The molecule has 4 amide bonds. The van der Waals surface area contributed by atoms with Gasteiger partial charge in [0.15, 0.2) is 0 Å². The molecule has 3 aliphatic heterocycles. The van der Waals surface area contributed by atoms with Crippen LogP contribution >= 0.6 is 0 Å². The van der Waals surface area contributed by atoms with Gasteiger partial charge in [-0.15, -0.1) is 0 Å². The standard InChI is InChI=1S/C10H10N2O4/c13-7-3-1-5-9(15)12-6(2-4-8(12)14)10(16)11(5)7/h5-6H,1-4H2/t5-,6-/m0/s1. The van der Waals surface area contributed by atoms with Gasteiger partial charge in [-0.25, -0.2) is 0 Å². The molecule has 0 spiro atoms. The van der Waals surface area contributed by atoms with Crippen molar-refractivity contribution in [2.45, 2.75) is 37.8 Å². The van der Waals surface area contributed by atoms with Gasteiger partial charge in [0.25, 0.3) is 11.8 Å². The van der Waals surface area contributed by atoms with Crippen LogP contribution in [-0.2, 0) is 19.2 Å². The largest absolute Gasteiger partial charge is 0.274 e. The maximum atomic E-state index is 11.9. The Kier molecular flexibility index (Phi) is 1.72. The van der Waals surface area contributed by atoms with Crippen LogP contribution in [0.15, 0.2) is 0 Å². The predicted molar refractivity (Wildman–Crippen MR) is 49.8 cm³/mol. The first-order valence-electron chi connectivity index (χ1n) is 5.33. The summed E-state index contributed by atoms with van der Waals surface area (Å²) in [6, 6.07) is -1.45. The number of hydrogen-bond acceptors (Lipinski definition) is 4. The van der Waals surface area contributed by atoms with Crippen LogP contribution in [0.2, 0.25) is 0 Å². The molecule has 84 valence electrons. The number of piperazine rings is 1. The van der Waals surface area contributed by atoms with Gasteiger partial charge in [0.1, 0.15) is 12.1 Å². The van der Waals surface area contributed by atoms with Crippen LogP contribution in [0.1, 0.15) is 25.7 Å². The molecule has 3 saturated heterocycles. The molecule has 6 nitrogen and oxygen atoms in total. The van der Waals surface area contributed by atoms with Crippen molar-refractivity contribution < 1.29 is 19.2 Å². The molecule has 16 heavy (non-hydrogen) atoms. The molecular formula is C10H10N2O4. The zero-order valence-electron chi connectivity index (χ0n) is 8.51. The highest BCUT2D eigenvalue weighted by molar-refractivity contribution is 6.14. The SMILES string of the molecule is O=C1CC[C@H]2C(=O)N3C(=O)CC[C@H]3C(=O)N12. The molecule has 0 unspecified atom stereocenters. The molecule has 3 rings (SSSR count). The van der Waals surface area contributed by atoms with E-state index in [1.54, 1.807) is 0 Å². The third-order valence-corrected chi connectivity index (χ3v) is 3.47. The number of carbonyl (C=O) groups is 4. The lowest BCUT2D eigenvalue weighted by Gasteiger charge is -2.36. The summed E-state index contributed by atoms with van der Waals surface area (Å²) in [7, 11) is 0. The summed E-state index contributed by atoms with van der Waals surface area (Å²) in [5, 5.41) is 0. The Hall–Kier alpha value is -1.72. The number of fused-ring (bicyclic) bond motifs is 2. The van der Waals surface area contributed by atoms with Crippen molar-refractivity contribution in [3.63, 3.8) is 0 Å². The van der Waals surface area contributed by atoms with Crippen LogP contribution in [0, 0.1) is 0 Å². The fourth-order valence-corrected chi connectivity index (χ4v) is 2.71. The first-order valence-corrected chi connectivity index (χ1v) is 5.33. The Morgan fingerprint density at radius 1 is 0.750 bits per heavy atom. The number of hydrogen-bond donors (Lipinski definition) is 0. The van der Waals surface area contributed by atoms with Crippen LogP contribution < -0.4 is 0 Å². The van der Waals surface area contributed by atoms with Crippen LogP contribution in [0.5, 0.6) is 0 Å². The maximum Gasteiger partial charge on any atom is 0.253 e. The lowest BCUT2D eigenvalue weighted by molar-refractivity contribution is -0.165. The average molecular weight is 222 g/mol. The molecular weight excluding hydrogens is 212 g/mol. The third-order valence-electron chi connectivity index (χ3n) is 3.47. The number of amides is 4. The van der Waals surface area contributed by atoms with Crippen molar-refractivity contribution in [2.24, 2.45) is 0 Å². The maximum absolute atomic E-state index is 11.9. The smallest absolute Gasteiger partial charge is 0.253 e. The molecule has 0 saturated carbocycles. The van der Waals surface area contributed by atoms with Crippen LogP contribution in [0.4, 0.5) is 0 Å². The Balaban J connectivity index is 2.03. The second kappa shape index (κ2) is 2.90. The minimum Gasteiger partial charge on any atom is -0.274 e. The second-order valence-corrected chi connectivity index (χ2v) is 4.31. The van der Waals surface area contributed by atoms with Gasteiger partial charge in [-0.3, -0.25) is 29.0 Å². The van der Waals surface area contributed by atoms with Crippen LogP contribution in [-0.4, -0.2) is 45.5 Å². The molecule has 0 radical (unpaired) electrons. The van der Waals surface area contributed by atoms with Crippen molar-refractivity contribution in [1.82, 2.24) is 9.80 Å². The predicted octanol–water partition coefficient (Wildman–Crippen LogP) is -0.965. The lowest BCUT2D eigenvalue weighted by atomic mass is 10.1. The fourth-order valence-electron chi connectivity index (χ4n) is 2.71. The van der Waals surface area contributed by atoms with E-state index in [0.29, 0.717) is 12.8 Å². The van der Waals surface area contributed by atoms with E-state index in [4.69, 9.17) is 0 Å². The van der Waals surface area contributed by atoms with E-state index in [2.05, 4.69) is 0 Å². The summed E-state index contributed by atoms with van der Waals surface area (Å²) in [5.41, 5.74) is 0. The van der Waals surface area contributed by atoms with Gasteiger partial charge in [-0.2, -0.15) is 0 Å². The van der Waals surface area contributed by atoms with Gasteiger partial charge >= 0.3 is 0 Å². The summed E-state index contributed by atoms with van der Waals surface area (Å²) in [4.78, 5) is 49.0. The van der Waals surface area contributed by atoms with Gasteiger partial charge in [0.05, 0.1) is 0 Å². The summed E-state index contributed by atoms with van der Waals surface area (Å²) < 4.78 is 0. The molecule has 0 aliphatic carbocycles. The zero-order valence-corrected chi connectivity index (χ0v) is 8.51. The van der Waals surface area contributed by atoms with Crippen LogP contribution in [0.25, 0.3) is 0 Å². The van der Waals surface area contributed by atoms with E-state index < -0.39 is 12.1 Å². The molecule has 0 aromatic carbocycles. The van der Waals surface area contributed by atoms with E-state index in [9.17, 15) is 19.2 Å². The molecule has 3 aliphatic rings. The Morgan fingerprint density at radius 3 is 1.50 bits per heavy atom. The molecule has 2 atom stereocenters. The quantitative estimate of drug-likeness (QED) is 0.494. The number of imide groups is 2. The summed E-state index contributed by atoms with van der Waals surface area (Å²) in [6.45, 7) is 0. The minimum absolute atomic E-state index is 0.219. The molecule has 0 aromatic heterocycles. The minimum atomic E-state index is -0.724. The molecule has 6 heteroatoms. The van der Waals surface area contributed by atoms with Gasteiger partial charge in [-0.1, -0.05) is 0 Å². The molecule has 0 N–H and O–H groups in total. The van der Waals surface area contributed by atoms with E-state index in [1.807, 2.05) is 0 Å². The molecule has 0 bridgehead atoms. The van der Waals surface area contributed by atoms with E-state index in [0.717, 1.165) is 9.80 Å². The highest BCUT2D eigenvalue weighted by atomic mass is 16.2. The van der Waals surface area contributed by atoms with Crippen molar-refractivity contribution in [2.75, 3.05) is 0 Å². The monoisotopic (exact) mass is 222 g/mol. The number of rotatable bonds is 0. The van der Waals surface area contributed by atoms with Crippen molar-refractivity contribution in [3.05, 3.63) is 0 Å². The number of carbonyl (C=O) groups excluding carboxylic acids is 4. The third kappa shape index (κ3) is 0.963. The van der Waals surface area contributed by atoms with Crippen LogP contribution in [0.3, 0.4) is 0 Å². The average Bonchev–Trinajstić information content (AvgIpc) is 2.80. The first-order chi connectivity index (χ1) is 7.61. The summed E-state index contributed by atoms with van der Waals surface area (Å²) in [6.07, 6.45) is 1.13. The van der Waals surface area contributed by atoms with E-state index >= 15 is 0 Å². The normalized spacial score (nSPS) is 33.5. The van der Waals surface area contributed by atoms with E-state index in [-0.39, 0.29) is 36.5 Å². The van der Waals surface area contributed by atoms with Gasteiger partial charge < -0.3 is 0 Å². The van der Waals surface area contributed by atoms with Gasteiger partial charge in [-0.05, 0) is 12.8 Å². The van der Waals surface area contributed by atoms with E-state index in [1.165, 1.54) is 0 Å². The summed E-state index contributed by atoms with van der Waals surface area (Å²) >= 11 is 0. The Labute approximate surface area is 91.2 Å². The highest BCUT2D eigenvalue weighted by Crippen LogP contribution is 2.33.